The number of hydrogen-bond donors (Lipinski definition) is 0. The summed E-state index contributed by atoms with van der Waals surface area (Å²) in [5, 5.41) is 0. The Labute approximate surface area is 74.1 Å². The summed E-state index contributed by atoms with van der Waals surface area (Å²) in [5.41, 5.74) is 0. The molecule has 0 aliphatic rings. The summed E-state index contributed by atoms with van der Waals surface area (Å²) < 4.78 is 50.3. The van der Waals surface area contributed by atoms with Gasteiger partial charge in [-0.05, 0) is 12.1 Å². The van der Waals surface area contributed by atoms with E-state index in [1.807, 2.05) is 0 Å². The van der Waals surface area contributed by atoms with Crippen molar-refractivity contribution in [2.75, 3.05) is 6.26 Å². The van der Waals surface area contributed by atoms with Crippen molar-refractivity contribution in [1.82, 2.24) is 0 Å². The van der Waals surface area contributed by atoms with Crippen molar-refractivity contribution in [1.29, 1.82) is 0 Å². The summed E-state index contributed by atoms with van der Waals surface area (Å²) in [5.74, 6) is -2.63. The zero-order valence-electron chi connectivity index (χ0n) is 6.54. The fraction of sp³-hybridized carbons (Fsp3) is 0.143. The smallest absolute Gasteiger partial charge is 0.306 e. The third-order valence-corrected chi connectivity index (χ3v) is 1.53. The molecule has 0 saturated carbocycles. The highest BCUT2D eigenvalue weighted by atomic mass is 32.2. The van der Waals surface area contributed by atoms with Crippen LogP contribution in [0.3, 0.4) is 0 Å². The highest BCUT2D eigenvalue weighted by Crippen LogP contribution is 2.18. The molecule has 0 fully saturated rings. The number of benzene rings is 1. The molecule has 0 N–H and O–H groups in total. The van der Waals surface area contributed by atoms with Crippen molar-refractivity contribution >= 4 is 10.1 Å². The van der Waals surface area contributed by atoms with E-state index in [9.17, 15) is 17.2 Å². The zero-order chi connectivity index (χ0) is 10.1. The first kappa shape index (κ1) is 9.91. The molecule has 0 unspecified atom stereocenters. The lowest BCUT2D eigenvalue weighted by Gasteiger charge is -2.02. The normalized spacial score (nSPS) is 11.3. The lowest BCUT2D eigenvalue weighted by atomic mass is 10.3. The minimum Gasteiger partial charge on any atom is -0.379 e. The van der Waals surface area contributed by atoms with Gasteiger partial charge in [-0.3, -0.25) is 0 Å². The van der Waals surface area contributed by atoms with Crippen LogP contribution >= 0.6 is 0 Å². The molecule has 0 aliphatic heterocycles. The molecule has 13 heavy (non-hydrogen) atoms. The minimum absolute atomic E-state index is 0.727. The Bertz CT molecular complexity index is 414. The van der Waals surface area contributed by atoms with Gasteiger partial charge in [-0.2, -0.15) is 8.42 Å². The highest BCUT2D eigenvalue weighted by molar-refractivity contribution is 7.86. The molecule has 0 saturated heterocycles. The van der Waals surface area contributed by atoms with Crippen molar-refractivity contribution in [3.05, 3.63) is 29.8 Å². The quantitative estimate of drug-likeness (QED) is 0.682. The molecule has 1 aromatic carbocycles. The fourth-order valence-corrected chi connectivity index (χ4v) is 1.07. The van der Waals surface area contributed by atoms with E-state index >= 15 is 0 Å². The Morgan fingerprint density at radius 1 is 1.38 bits per heavy atom. The van der Waals surface area contributed by atoms with Crippen LogP contribution in [-0.2, 0) is 10.1 Å². The Kier molecular flexibility index (Phi) is 2.51. The third-order valence-electron chi connectivity index (χ3n) is 1.06. The first-order valence-corrected chi connectivity index (χ1v) is 4.97. The molecule has 0 aromatic heterocycles. The van der Waals surface area contributed by atoms with E-state index in [2.05, 4.69) is 4.18 Å². The first-order chi connectivity index (χ1) is 5.88. The maximum atomic E-state index is 12.7. The van der Waals surface area contributed by atoms with Crippen molar-refractivity contribution in [3.8, 4) is 5.75 Å². The van der Waals surface area contributed by atoms with E-state index in [1.165, 1.54) is 0 Å². The van der Waals surface area contributed by atoms with Gasteiger partial charge < -0.3 is 4.18 Å². The van der Waals surface area contributed by atoms with E-state index in [-0.39, 0.29) is 0 Å². The molecule has 1 aromatic rings. The molecular weight excluding hydrogens is 202 g/mol. The van der Waals surface area contributed by atoms with Gasteiger partial charge in [0.1, 0.15) is 5.82 Å². The van der Waals surface area contributed by atoms with Gasteiger partial charge >= 0.3 is 10.1 Å². The second kappa shape index (κ2) is 3.29. The van der Waals surface area contributed by atoms with Crippen LogP contribution in [0.25, 0.3) is 0 Å². The van der Waals surface area contributed by atoms with E-state index in [0.29, 0.717) is 0 Å². The zero-order valence-corrected chi connectivity index (χ0v) is 7.36. The van der Waals surface area contributed by atoms with Gasteiger partial charge in [0.25, 0.3) is 0 Å². The average Bonchev–Trinajstić information content (AvgIpc) is 1.94. The molecule has 1 radical (unpaired) electrons. The maximum Gasteiger partial charge on any atom is 0.306 e. The Morgan fingerprint density at radius 2 is 2.00 bits per heavy atom. The highest BCUT2D eigenvalue weighted by Gasteiger charge is 2.11. The largest absolute Gasteiger partial charge is 0.379 e. The van der Waals surface area contributed by atoms with E-state index in [4.69, 9.17) is 0 Å². The number of hydrogen-bond acceptors (Lipinski definition) is 3. The molecule has 0 spiro atoms. The molecule has 6 heteroatoms. The van der Waals surface area contributed by atoms with Crippen LogP contribution in [0, 0.1) is 17.7 Å². The van der Waals surface area contributed by atoms with Gasteiger partial charge in [0.05, 0.1) is 12.3 Å². The van der Waals surface area contributed by atoms with Crippen LogP contribution in [0.5, 0.6) is 5.75 Å². The fourth-order valence-electron chi connectivity index (χ4n) is 0.644. The summed E-state index contributed by atoms with van der Waals surface area (Å²) in [6, 6.07) is 3.36. The van der Waals surface area contributed by atoms with Gasteiger partial charge in [-0.25, -0.2) is 8.78 Å². The topological polar surface area (TPSA) is 43.4 Å². The average molecular weight is 207 g/mol. The second-order valence-electron chi connectivity index (χ2n) is 2.27. The minimum atomic E-state index is -3.85. The van der Waals surface area contributed by atoms with Gasteiger partial charge in [0.15, 0.2) is 11.6 Å². The molecular formula is C7H5F2O3S. The standard InChI is InChI=1S/C7H5F2O3S/c1-13(10,11)12-7-4-5(8)2-3-6(7)9/h2-3H,1H3. The van der Waals surface area contributed by atoms with Crippen molar-refractivity contribution in [2.45, 2.75) is 0 Å². The van der Waals surface area contributed by atoms with Crippen LogP contribution in [0.4, 0.5) is 8.78 Å². The number of rotatable bonds is 2. The van der Waals surface area contributed by atoms with Crippen LogP contribution in [0.1, 0.15) is 0 Å². The molecule has 71 valence electrons. The lowest BCUT2D eigenvalue weighted by molar-refractivity contribution is 0.461. The molecule has 0 atom stereocenters. The molecule has 3 nitrogen and oxygen atoms in total. The molecule has 1 rings (SSSR count). The monoisotopic (exact) mass is 207 g/mol. The van der Waals surface area contributed by atoms with Crippen LogP contribution in [0.15, 0.2) is 12.1 Å². The van der Waals surface area contributed by atoms with Crippen LogP contribution in [-0.4, -0.2) is 14.7 Å². The Hall–Kier alpha value is -1.17. The second-order valence-corrected chi connectivity index (χ2v) is 3.85. The van der Waals surface area contributed by atoms with Crippen LogP contribution < -0.4 is 4.18 Å². The number of halogens is 2. The van der Waals surface area contributed by atoms with E-state index in [1.54, 1.807) is 6.07 Å². The molecule has 0 heterocycles. The Balaban J connectivity index is 3.08. The summed E-state index contributed by atoms with van der Waals surface area (Å²) >= 11 is 0. The van der Waals surface area contributed by atoms with Crippen molar-refractivity contribution in [3.63, 3.8) is 0 Å². The van der Waals surface area contributed by atoms with Gasteiger partial charge in [-0.1, -0.05) is 0 Å². The third kappa shape index (κ3) is 2.98. The van der Waals surface area contributed by atoms with Crippen molar-refractivity contribution < 1.29 is 21.4 Å². The van der Waals surface area contributed by atoms with Gasteiger partial charge in [0, 0.05) is 0 Å². The summed E-state index contributed by atoms with van der Waals surface area (Å²) in [6.07, 6.45) is 0.727. The summed E-state index contributed by atoms with van der Waals surface area (Å²) in [7, 11) is -3.85. The molecule has 0 aliphatic carbocycles. The Morgan fingerprint density at radius 3 is 2.54 bits per heavy atom. The van der Waals surface area contributed by atoms with Crippen LogP contribution in [0.2, 0.25) is 0 Å². The summed E-state index contributed by atoms with van der Waals surface area (Å²) in [6.45, 7) is 0. The lowest BCUT2D eigenvalue weighted by Crippen LogP contribution is -2.07. The SMILES string of the molecule is CS(=O)(=O)Oc1[c]c(F)ccc1F. The predicted molar refractivity (Wildman–Crippen MR) is 40.7 cm³/mol. The van der Waals surface area contributed by atoms with E-state index in [0.717, 1.165) is 18.4 Å². The molecule has 0 amide bonds. The van der Waals surface area contributed by atoms with Gasteiger partial charge in [-0.15, -0.1) is 0 Å². The predicted octanol–water partition coefficient (Wildman–Crippen LogP) is 1.10. The van der Waals surface area contributed by atoms with E-state index < -0.39 is 27.5 Å². The van der Waals surface area contributed by atoms with Gasteiger partial charge in [0.2, 0.25) is 0 Å². The first-order valence-electron chi connectivity index (χ1n) is 3.15. The van der Waals surface area contributed by atoms with Crippen molar-refractivity contribution in [2.24, 2.45) is 0 Å². The maximum absolute atomic E-state index is 12.7. The summed E-state index contributed by atoms with van der Waals surface area (Å²) in [4.78, 5) is 0. The molecule has 0 bridgehead atoms.